The summed E-state index contributed by atoms with van der Waals surface area (Å²) in [6.45, 7) is 5.29. The van der Waals surface area contributed by atoms with E-state index in [0.717, 1.165) is 6.42 Å². The first kappa shape index (κ1) is 12.0. The van der Waals surface area contributed by atoms with E-state index in [0.29, 0.717) is 6.42 Å². The van der Waals surface area contributed by atoms with Gasteiger partial charge in [-0.05, 0) is 6.42 Å². The van der Waals surface area contributed by atoms with Crippen LogP contribution >= 0.6 is 28.6 Å². The summed E-state index contributed by atoms with van der Waals surface area (Å²) in [5.74, 6) is -0.801. The van der Waals surface area contributed by atoms with Crippen molar-refractivity contribution >= 4 is 34.5 Å². The summed E-state index contributed by atoms with van der Waals surface area (Å²) in [6.07, 6.45) is -2.53. The van der Waals surface area contributed by atoms with Gasteiger partial charge >= 0.3 is 12.0 Å². The fourth-order valence-corrected chi connectivity index (χ4v) is 1.26. The molecule has 0 bridgehead atoms. The smallest absolute Gasteiger partial charge is 0.386 e. The minimum atomic E-state index is -3.77. The van der Waals surface area contributed by atoms with Crippen LogP contribution in [-0.2, 0) is 13.9 Å². The van der Waals surface area contributed by atoms with Crippen LogP contribution in [0.3, 0.4) is 0 Å². The molecule has 70 valence electrons. The van der Waals surface area contributed by atoms with E-state index in [1.165, 1.54) is 0 Å². The highest BCUT2D eigenvalue weighted by atomic mass is 35.9. The zero-order chi connectivity index (χ0) is 9.78. The molecule has 0 amide bonds. The summed E-state index contributed by atoms with van der Waals surface area (Å²) >= 11 is 10.0. The number of carbonyl (C=O) groups is 1. The van der Waals surface area contributed by atoms with Gasteiger partial charge in [0.1, 0.15) is 0 Å². The van der Waals surface area contributed by atoms with Crippen LogP contribution in [0.4, 0.5) is 0 Å². The van der Waals surface area contributed by atoms with Crippen LogP contribution in [-0.4, -0.2) is 5.97 Å². The van der Waals surface area contributed by atoms with Crippen LogP contribution in [0.2, 0.25) is 0 Å². The zero-order valence-electron chi connectivity index (χ0n) is 6.55. The maximum Gasteiger partial charge on any atom is 0.430 e. The van der Waals surface area contributed by atoms with Gasteiger partial charge in [0, 0.05) is 28.1 Å². The Kier molecular flexibility index (Phi) is 4.91. The minimum Gasteiger partial charge on any atom is -0.386 e. The standard InChI is InChI=1S/C6H9Cl2O3P/c1-3-4-5(2)6(9)11-12(7,8)10/h2-4H2,1H3. The molecule has 0 saturated heterocycles. The van der Waals surface area contributed by atoms with Gasteiger partial charge in [-0.15, -0.1) is 0 Å². The minimum absolute atomic E-state index is 0.221. The summed E-state index contributed by atoms with van der Waals surface area (Å²) in [4.78, 5) is 10.9. The van der Waals surface area contributed by atoms with Crippen LogP contribution in [0, 0.1) is 0 Å². The monoisotopic (exact) mass is 230 g/mol. The lowest BCUT2D eigenvalue weighted by Crippen LogP contribution is -2.02. The van der Waals surface area contributed by atoms with Crippen molar-refractivity contribution in [3.8, 4) is 0 Å². The Balaban J connectivity index is 4.06. The van der Waals surface area contributed by atoms with Crippen LogP contribution in [0.25, 0.3) is 0 Å². The van der Waals surface area contributed by atoms with Gasteiger partial charge in [-0.1, -0.05) is 19.9 Å². The van der Waals surface area contributed by atoms with Crippen LogP contribution in [0.1, 0.15) is 19.8 Å². The van der Waals surface area contributed by atoms with Crippen molar-refractivity contribution in [1.82, 2.24) is 0 Å². The molecule has 0 aromatic rings. The molecule has 0 fully saturated rings. The summed E-state index contributed by atoms with van der Waals surface area (Å²) < 4.78 is 14.8. The first-order valence-electron chi connectivity index (χ1n) is 3.28. The molecule has 0 unspecified atom stereocenters. The summed E-state index contributed by atoms with van der Waals surface area (Å²) in [5, 5.41) is 0. The topological polar surface area (TPSA) is 43.4 Å². The van der Waals surface area contributed by atoms with Crippen molar-refractivity contribution in [3.05, 3.63) is 12.2 Å². The van der Waals surface area contributed by atoms with Crippen molar-refractivity contribution in [1.29, 1.82) is 0 Å². The van der Waals surface area contributed by atoms with Crippen molar-refractivity contribution in [3.63, 3.8) is 0 Å². The highest BCUT2D eigenvalue weighted by Gasteiger charge is 2.21. The SMILES string of the molecule is C=C(CCC)C(=O)OP(=O)(Cl)Cl. The fourth-order valence-electron chi connectivity index (χ4n) is 0.565. The summed E-state index contributed by atoms with van der Waals surface area (Å²) in [6, 6.07) is 0. The van der Waals surface area contributed by atoms with Gasteiger partial charge in [0.05, 0.1) is 0 Å². The second-order valence-corrected chi connectivity index (χ2v) is 6.35. The highest BCUT2D eigenvalue weighted by Crippen LogP contribution is 2.58. The van der Waals surface area contributed by atoms with Crippen LogP contribution in [0.15, 0.2) is 12.2 Å². The molecular weight excluding hydrogens is 222 g/mol. The molecule has 0 aliphatic heterocycles. The quantitative estimate of drug-likeness (QED) is 0.549. The van der Waals surface area contributed by atoms with Gasteiger partial charge in [-0.3, -0.25) is 0 Å². The molecule has 0 saturated carbocycles. The second-order valence-electron chi connectivity index (χ2n) is 2.15. The molecule has 0 aromatic heterocycles. The number of hydrogen-bond donors (Lipinski definition) is 0. The van der Waals surface area contributed by atoms with Gasteiger partial charge in [0.2, 0.25) is 0 Å². The van der Waals surface area contributed by atoms with Crippen LogP contribution < -0.4 is 0 Å². The lowest BCUT2D eigenvalue weighted by atomic mass is 10.2. The normalized spacial score (nSPS) is 10.9. The molecule has 0 aliphatic rings. The number of halogens is 2. The van der Waals surface area contributed by atoms with Crippen molar-refractivity contribution < 1.29 is 13.9 Å². The average molecular weight is 231 g/mol. The maximum absolute atomic E-state index is 10.9. The Morgan fingerprint density at radius 3 is 2.42 bits per heavy atom. The Morgan fingerprint density at radius 2 is 2.08 bits per heavy atom. The third-order valence-corrected chi connectivity index (χ3v) is 1.82. The molecule has 6 heteroatoms. The molecule has 3 nitrogen and oxygen atoms in total. The molecule has 12 heavy (non-hydrogen) atoms. The lowest BCUT2D eigenvalue weighted by Gasteiger charge is -2.05. The van der Waals surface area contributed by atoms with Gasteiger partial charge in [0.25, 0.3) is 0 Å². The summed E-state index contributed by atoms with van der Waals surface area (Å²) in [5.41, 5.74) is 0.221. The Labute approximate surface area is 80.7 Å². The Hall–Kier alpha value is 0.0200. The third-order valence-electron chi connectivity index (χ3n) is 1.03. The molecule has 0 rings (SSSR count). The van der Waals surface area contributed by atoms with Gasteiger partial charge < -0.3 is 4.52 Å². The molecule has 0 radical (unpaired) electrons. The zero-order valence-corrected chi connectivity index (χ0v) is 8.96. The first-order chi connectivity index (χ1) is 5.37. The Bertz CT molecular complexity index is 233. The number of hydrogen-bond acceptors (Lipinski definition) is 3. The first-order valence-corrected chi connectivity index (χ1v) is 6.71. The molecule has 0 aromatic carbocycles. The van der Waals surface area contributed by atoms with E-state index in [2.05, 4.69) is 11.1 Å². The Morgan fingerprint density at radius 1 is 1.58 bits per heavy atom. The number of rotatable bonds is 4. The van der Waals surface area contributed by atoms with E-state index >= 15 is 0 Å². The predicted molar refractivity (Wildman–Crippen MR) is 49.5 cm³/mol. The summed E-state index contributed by atoms with van der Waals surface area (Å²) in [7, 11) is 0. The molecule has 0 spiro atoms. The van der Waals surface area contributed by atoms with E-state index in [-0.39, 0.29) is 5.57 Å². The second kappa shape index (κ2) is 4.90. The van der Waals surface area contributed by atoms with Gasteiger partial charge in [-0.2, -0.15) is 0 Å². The largest absolute Gasteiger partial charge is 0.430 e. The third kappa shape index (κ3) is 5.64. The van der Waals surface area contributed by atoms with Gasteiger partial charge in [-0.25, -0.2) is 9.36 Å². The van der Waals surface area contributed by atoms with E-state index < -0.39 is 12.0 Å². The van der Waals surface area contributed by atoms with E-state index in [1.54, 1.807) is 0 Å². The number of carbonyl (C=O) groups excluding carboxylic acids is 1. The molecule has 0 atom stereocenters. The van der Waals surface area contributed by atoms with Crippen molar-refractivity contribution in [2.75, 3.05) is 0 Å². The van der Waals surface area contributed by atoms with E-state index in [4.69, 9.17) is 22.5 Å². The molecule has 0 aliphatic carbocycles. The van der Waals surface area contributed by atoms with Gasteiger partial charge in [0.15, 0.2) is 0 Å². The van der Waals surface area contributed by atoms with Crippen LogP contribution in [0.5, 0.6) is 0 Å². The molecule has 0 N–H and O–H groups in total. The van der Waals surface area contributed by atoms with Crippen molar-refractivity contribution in [2.45, 2.75) is 19.8 Å². The molecule has 0 heterocycles. The average Bonchev–Trinajstić information content (AvgIpc) is 1.84. The highest BCUT2D eigenvalue weighted by molar-refractivity contribution is 8.05. The fraction of sp³-hybridized carbons (Fsp3) is 0.500. The van der Waals surface area contributed by atoms with E-state index in [1.807, 2.05) is 6.92 Å². The van der Waals surface area contributed by atoms with E-state index in [9.17, 15) is 9.36 Å². The molecular formula is C6H9Cl2O3P. The lowest BCUT2D eigenvalue weighted by molar-refractivity contribution is -0.129. The van der Waals surface area contributed by atoms with Crippen molar-refractivity contribution in [2.24, 2.45) is 0 Å². The maximum atomic E-state index is 10.9. The predicted octanol–water partition coefficient (Wildman–Crippen LogP) is 3.47.